The highest BCUT2D eigenvalue weighted by Crippen LogP contribution is 2.29. The molecule has 1 aliphatic heterocycles. The maximum absolute atomic E-state index is 12.9. The molecule has 0 spiro atoms. The third-order valence-corrected chi connectivity index (χ3v) is 6.70. The highest BCUT2D eigenvalue weighted by atomic mass is 19.4. The second-order valence-electron chi connectivity index (χ2n) is 10.5. The molecule has 2 N–H and O–H groups in total. The van der Waals surface area contributed by atoms with Crippen molar-refractivity contribution in [3.8, 4) is 17.5 Å². The van der Waals surface area contributed by atoms with E-state index in [1.54, 1.807) is 24.3 Å². The highest BCUT2D eigenvalue weighted by molar-refractivity contribution is 5.76. The zero-order chi connectivity index (χ0) is 30.3. The van der Waals surface area contributed by atoms with Crippen LogP contribution in [0.4, 0.5) is 25.1 Å². The van der Waals surface area contributed by atoms with E-state index in [0.717, 1.165) is 38.1 Å². The molecule has 0 bridgehead atoms. The molecule has 1 aromatic heterocycles. The van der Waals surface area contributed by atoms with Gasteiger partial charge in [-0.3, -0.25) is 0 Å². The summed E-state index contributed by atoms with van der Waals surface area (Å²) in [6, 6.07) is 11.5. The molecule has 0 saturated carbocycles. The number of halogens is 3. The topological polar surface area (TPSA) is 119 Å². The maximum atomic E-state index is 12.9. The van der Waals surface area contributed by atoms with Crippen LogP contribution in [-0.2, 0) is 17.5 Å². The number of hydrogen-bond acceptors (Lipinski definition) is 9. The molecule has 1 aliphatic rings. The zero-order valence-electron chi connectivity index (χ0n) is 23.6. The van der Waals surface area contributed by atoms with Crippen molar-refractivity contribution in [1.82, 2.24) is 15.0 Å². The summed E-state index contributed by atoms with van der Waals surface area (Å²) in [5.74, 6) is 1.17. The molecular weight excluding hydrogens is 555 g/mol. The molecule has 2 aromatic carbocycles. The molecule has 1 fully saturated rings. The van der Waals surface area contributed by atoms with Crippen LogP contribution in [0, 0.1) is 5.92 Å². The van der Waals surface area contributed by atoms with Gasteiger partial charge < -0.3 is 29.5 Å². The first-order valence-corrected chi connectivity index (χ1v) is 13.6. The van der Waals surface area contributed by atoms with E-state index >= 15 is 0 Å². The van der Waals surface area contributed by atoms with E-state index in [9.17, 15) is 23.1 Å². The fourth-order valence-corrected chi connectivity index (χ4v) is 4.07. The maximum Gasteiger partial charge on any atom is 0.416 e. The van der Waals surface area contributed by atoms with Gasteiger partial charge in [0.25, 0.3) is 0 Å². The number of nitrogens with zero attached hydrogens (tertiary/aromatic N) is 4. The molecule has 1 saturated heterocycles. The average Bonchev–Trinajstić information content (AvgIpc) is 2.95. The van der Waals surface area contributed by atoms with Gasteiger partial charge in [-0.05, 0) is 74.6 Å². The smallest absolute Gasteiger partial charge is 0.416 e. The summed E-state index contributed by atoms with van der Waals surface area (Å²) in [5.41, 5.74) is -1.44. The second kappa shape index (κ2) is 13.1. The first-order valence-electron chi connectivity index (χ1n) is 13.6. The van der Waals surface area contributed by atoms with Crippen LogP contribution in [0.1, 0.15) is 44.7 Å². The van der Waals surface area contributed by atoms with Crippen LogP contribution in [0.25, 0.3) is 0 Å². The Morgan fingerprint density at radius 2 is 1.57 bits per heavy atom. The molecule has 0 atom stereocenters. The van der Waals surface area contributed by atoms with Gasteiger partial charge in [-0.2, -0.15) is 28.1 Å². The number of carbonyl (C=O) groups is 1. The number of carboxylic acid groups (broad SMARTS) is 1. The normalized spacial score (nSPS) is 14.4. The van der Waals surface area contributed by atoms with Crippen molar-refractivity contribution in [1.29, 1.82) is 0 Å². The summed E-state index contributed by atoms with van der Waals surface area (Å²) < 4.78 is 55.6. The van der Waals surface area contributed by atoms with E-state index in [-0.39, 0.29) is 31.7 Å². The number of carboxylic acids is 1. The summed E-state index contributed by atoms with van der Waals surface area (Å²) in [5, 5.41) is 12.3. The Kier molecular flexibility index (Phi) is 9.59. The molecule has 3 aromatic rings. The minimum atomic E-state index is -4.39. The van der Waals surface area contributed by atoms with E-state index in [1.807, 2.05) is 0 Å². The molecule has 10 nitrogen and oxygen atoms in total. The van der Waals surface area contributed by atoms with E-state index < -0.39 is 23.3 Å². The third kappa shape index (κ3) is 8.60. The Bertz CT molecular complexity index is 1330. The van der Waals surface area contributed by atoms with Gasteiger partial charge in [-0.25, -0.2) is 4.79 Å². The SMILES string of the molecule is CC1CCN(c2nc(NCc3ccc(C(F)(F)F)cc3)nc(OCCOc3ccc(OC(C)(C)C(=O)O)cc3)n2)CC1. The molecule has 0 unspecified atom stereocenters. The number of nitrogens with one attached hydrogen (secondary N) is 1. The zero-order valence-corrected chi connectivity index (χ0v) is 23.6. The number of hydrogen-bond donors (Lipinski definition) is 2. The lowest BCUT2D eigenvalue weighted by Crippen LogP contribution is -2.37. The molecule has 2 heterocycles. The number of benzene rings is 2. The van der Waals surface area contributed by atoms with E-state index in [4.69, 9.17) is 14.2 Å². The molecule has 0 aliphatic carbocycles. The van der Waals surface area contributed by atoms with Crippen LogP contribution < -0.4 is 24.4 Å². The predicted octanol–water partition coefficient (Wildman–Crippen LogP) is 5.44. The van der Waals surface area contributed by atoms with Gasteiger partial charge in [0.05, 0.1) is 5.56 Å². The minimum Gasteiger partial charge on any atom is -0.490 e. The van der Waals surface area contributed by atoms with Crippen LogP contribution in [0.3, 0.4) is 0 Å². The van der Waals surface area contributed by atoms with Gasteiger partial charge in [0.2, 0.25) is 11.9 Å². The first-order chi connectivity index (χ1) is 19.9. The number of ether oxygens (including phenoxy) is 3. The Morgan fingerprint density at radius 1 is 0.952 bits per heavy atom. The van der Waals surface area contributed by atoms with Gasteiger partial charge >= 0.3 is 18.2 Å². The predicted molar refractivity (Wildman–Crippen MR) is 149 cm³/mol. The third-order valence-electron chi connectivity index (χ3n) is 6.70. The summed E-state index contributed by atoms with van der Waals surface area (Å²) in [6.07, 6.45) is -2.39. The molecule has 4 rings (SSSR count). The van der Waals surface area contributed by atoms with E-state index in [1.165, 1.54) is 26.0 Å². The largest absolute Gasteiger partial charge is 0.490 e. The first kappa shape index (κ1) is 30.7. The minimum absolute atomic E-state index is 0.0943. The van der Waals surface area contributed by atoms with Gasteiger partial charge in [0, 0.05) is 19.6 Å². The molecule has 0 amide bonds. The van der Waals surface area contributed by atoms with Crippen LogP contribution in [-0.4, -0.2) is 57.9 Å². The number of aliphatic carboxylic acids is 1. The fraction of sp³-hybridized carbons (Fsp3) is 0.448. The molecular formula is C29H34F3N5O5. The molecule has 0 radical (unpaired) electrons. The number of alkyl halides is 3. The van der Waals surface area contributed by atoms with Crippen molar-refractivity contribution < 1.29 is 37.3 Å². The van der Waals surface area contributed by atoms with Crippen molar-refractivity contribution >= 4 is 17.9 Å². The second-order valence-corrected chi connectivity index (χ2v) is 10.5. The highest BCUT2D eigenvalue weighted by Gasteiger charge is 2.30. The summed E-state index contributed by atoms with van der Waals surface area (Å²) in [7, 11) is 0. The van der Waals surface area contributed by atoms with Crippen molar-refractivity contribution in [2.24, 2.45) is 5.92 Å². The number of rotatable bonds is 12. The van der Waals surface area contributed by atoms with Crippen LogP contribution in [0.2, 0.25) is 0 Å². The Labute approximate surface area is 241 Å². The Hall–Kier alpha value is -4.29. The van der Waals surface area contributed by atoms with E-state index in [2.05, 4.69) is 32.1 Å². The van der Waals surface area contributed by atoms with Gasteiger partial charge in [0.15, 0.2) is 5.60 Å². The standard InChI is InChI=1S/C29H34F3N5O5/c1-19-12-14-37(15-13-19)26-34-25(33-18-20-4-6-21(7-5-20)29(30,31)32)35-27(36-26)41-17-16-40-22-8-10-23(11-9-22)42-28(2,3)24(38)39/h4-11,19H,12-18H2,1-3H3,(H,38,39)(H,33,34,35,36). The summed E-state index contributed by atoms with van der Waals surface area (Å²) in [6.45, 7) is 7.22. The molecule has 226 valence electrons. The molecule has 13 heteroatoms. The lowest BCUT2D eigenvalue weighted by atomic mass is 10.00. The average molecular weight is 590 g/mol. The summed E-state index contributed by atoms with van der Waals surface area (Å²) in [4.78, 5) is 26.7. The molecule has 42 heavy (non-hydrogen) atoms. The Balaban J connectivity index is 1.36. The van der Waals surface area contributed by atoms with Gasteiger partial charge in [0.1, 0.15) is 24.7 Å². The van der Waals surface area contributed by atoms with Crippen molar-refractivity contribution in [3.63, 3.8) is 0 Å². The quantitative estimate of drug-likeness (QED) is 0.265. The van der Waals surface area contributed by atoms with Crippen LogP contribution >= 0.6 is 0 Å². The Morgan fingerprint density at radius 3 is 2.19 bits per heavy atom. The fourth-order valence-electron chi connectivity index (χ4n) is 4.07. The number of piperidine rings is 1. The number of aromatic nitrogens is 3. The monoisotopic (exact) mass is 589 g/mol. The lowest BCUT2D eigenvalue weighted by Gasteiger charge is -2.30. The van der Waals surface area contributed by atoms with Crippen LogP contribution in [0.15, 0.2) is 48.5 Å². The summed E-state index contributed by atoms with van der Waals surface area (Å²) >= 11 is 0. The van der Waals surface area contributed by atoms with E-state index in [0.29, 0.717) is 28.9 Å². The number of anilines is 2. The van der Waals surface area contributed by atoms with Gasteiger partial charge in [-0.15, -0.1) is 0 Å². The van der Waals surface area contributed by atoms with Crippen LogP contribution in [0.5, 0.6) is 17.5 Å². The lowest BCUT2D eigenvalue weighted by molar-refractivity contribution is -0.152. The van der Waals surface area contributed by atoms with Crippen molar-refractivity contribution in [2.75, 3.05) is 36.5 Å². The van der Waals surface area contributed by atoms with Crippen molar-refractivity contribution in [2.45, 2.75) is 51.9 Å². The van der Waals surface area contributed by atoms with Crippen molar-refractivity contribution in [3.05, 3.63) is 59.7 Å². The van der Waals surface area contributed by atoms with Gasteiger partial charge in [-0.1, -0.05) is 19.1 Å².